The van der Waals surface area contributed by atoms with Crippen molar-refractivity contribution in [1.29, 1.82) is 0 Å². The van der Waals surface area contributed by atoms with Crippen molar-refractivity contribution in [1.82, 2.24) is 9.55 Å². The lowest BCUT2D eigenvalue weighted by atomic mass is 9.62. The van der Waals surface area contributed by atoms with Crippen LogP contribution in [0.25, 0.3) is 16.9 Å². The number of thioether (sulfide) groups is 1. The van der Waals surface area contributed by atoms with E-state index in [0.29, 0.717) is 0 Å². The molecule has 5 rings (SSSR count). The van der Waals surface area contributed by atoms with Crippen LogP contribution in [0.4, 0.5) is 0 Å². The summed E-state index contributed by atoms with van der Waals surface area (Å²) in [6, 6.07) is 16.4. The summed E-state index contributed by atoms with van der Waals surface area (Å²) >= 11 is 1.70. The highest BCUT2D eigenvalue weighted by molar-refractivity contribution is 7.99. The van der Waals surface area contributed by atoms with Gasteiger partial charge in [0.05, 0.1) is 24.1 Å². The number of hydrogen-bond acceptors (Lipinski definition) is 4. The Labute approximate surface area is 206 Å². The minimum absolute atomic E-state index is 0.104. The van der Waals surface area contributed by atoms with Crippen molar-refractivity contribution in [3.8, 4) is 22.7 Å². The predicted molar refractivity (Wildman–Crippen MR) is 141 cm³/mol. The summed E-state index contributed by atoms with van der Waals surface area (Å²) < 4.78 is 7.36. The van der Waals surface area contributed by atoms with Crippen LogP contribution in [-0.4, -0.2) is 22.4 Å². The van der Waals surface area contributed by atoms with E-state index in [1.54, 1.807) is 18.9 Å². The average molecular weight is 475 g/mol. The van der Waals surface area contributed by atoms with E-state index in [1.807, 2.05) is 28.8 Å². The second-order valence-electron chi connectivity index (χ2n) is 9.69. The lowest BCUT2D eigenvalue weighted by molar-refractivity contribution is 0.283. The molecule has 0 saturated heterocycles. The molecule has 1 aromatic heterocycles. The second kappa shape index (κ2) is 9.99. The molecule has 1 heterocycles. The van der Waals surface area contributed by atoms with E-state index in [1.165, 1.54) is 37.7 Å². The fourth-order valence-electron chi connectivity index (χ4n) is 5.78. The van der Waals surface area contributed by atoms with Crippen molar-refractivity contribution in [3.63, 3.8) is 0 Å². The minimum atomic E-state index is -0.113. The number of nitrogens with zero attached hydrogens (tertiary/aromatic N) is 2. The fraction of sp³-hybridized carbons (Fsp3) is 0.448. The van der Waals surface area contributed by atoms with E-state index < -0.39 is 0 Å². The molecule has 3 aromatic rings. The van der Waals surface area contributed by atoms with E-state index in [9.17, 15) is 4.79 Å². The average Bonchev–Trinajstić information content (AvgIpc) is 2.87. The van der Waals surface area contributed by atoms with Gasteiger partial charge >= 0.3 is 0 Å². The zero-order valence-corrected chi connectivity index (χ0v) is 21.1. The largest absolute Gasteiger partial charge is 0.497 e. The van der Waals surface area contributed by atoms with Crippen molar-refractivity contribution in [2.45, 2.75) is 75.3 Å². The topological polar surface area (TPSA) is 44.1 Å². The third kappa shape index (κ3) is 4.19. The van der Waals surface area contributed by atoms with Crippen LogP contribution in [0.1, 0.15) is 69.4 Å². The predicted octanol–water partition coefficient (Wildman–Crippen LogP) is 6.95. The molecule has 1 saturated carbocycles. The SMILES string of the molecule is CCCCCSc1nc2c(c(=O)n1-c1cccc(OC)c1)C1(CCCCC1)Cc1ccccc1-2. The second-order valence-corrected chi connectivity index (χ2v) is 10.8. The molecule has 0 aliphatic heterocycles. The first-order chi connectivity index (χ1) is 16.7. The van der Waals surface area contributed by atoms with Crippen molar-refractivity contribution < 1.29 is 4.74 Å². The highest BCUT2D eigenvalue weighted by atomic mass is 32.2. The lowest BCUT2D eigenvalue weighted by Crippen LogP contribution is -2.42. The Bertz CT molecular complexity index is 1230. The molecular weight excluding hydrogens is 440 g/mol. The Hall–Kier alpha value is -2.53. The van der Waals surface area contributed by atoms with Crippen molar-refractivity contribution in [2.24, 2.45) is 0 Å². The van der Waals surface area contributed by atoms with Gasteiger partial charge in [0.2, 0.25) is 0 Å². The summed E-state index contributed by atoms with van der Waals surface area (Å²) in [5.41, 5.74) is 5.16. The number of methoxy groups -OCH3 is 1. The highest BCUT2D eigenvalue weighted by Crippen LogP contribution is 2.49. The van der Waals surface area contributed by atoms with Crippen LogP contribution >= 0.6 is 11.8 Å². The van der Waals surface area contributed by atoms with Crippen molar-refractivity contribution >= 4 is 11.8 Å². The lowest BCUT2D eigenvalue weighted by Gasteiger charge is -2.42. The Balaban J connectivity index is 1.75. The van der Waals surface area contributed by atoms with Gasteiger partial charge in [0.1, 0.15) is 5.75 Å². The molecule has 0 radical (unpaired) electrons. The first kappa shape index (κ1) is 23.2. The monoisotopic (exact) mass is 474 g/mol. The number of benzene rings is 2. The Morgan fingerprint density at radius 2 is 1.88 bits per heavy atom. The van der Waals surface area contributed by atoms with Gasteiger partial charge in [-0.05, 0) is 43.4 Å². The number of ether oxygens (including phenoxy) is 1. The van der Waals surface area contributed by atoms with Gasteiger partial charge in [-0.2, -0.15) is 0 Å². The van der Waals surface area contributed by atoms with Crippen LogP contribution in [0.5, 0.6) is 5.75 Å². The first-order valence-electron chi connectivity index (χ1n) is 12.7. The summed E-state index contributed by atoms with van der Waals surface area (Å²) in [6.45, 7) is 2.22. The zero-order valence-electron chi connectivity index (χ0n) is 20.3. The molecule has 2 aromatic carbocycles. The van der Waals surface area contributed by atoms with E-state index in [0.717, 1.165) is 64.9 Å². The van der Waals surface area contributed by atoms with Crippen molar-refractivity contribution in [2.75, 3.05) is 12.9 Å². The van der Waals surface area contributed by atoms with E-state index in [-0.39, 0.29) is 11.0 Å². The van der Waals surface area contributed by atoms with Crippen molar-refractivity contribution in [3.05, 3.63) is 70.0 Å². The van der Waals surface area contributed by atoms with Crippen LogP contribution in [0.2, 0.25) is 0 Å². The molecule has 1 fully saturated rings. The van der Waals surface area contributed by atoms with Crippen LogP contribution in [0.15, 0.2) is 58.5 Å². The third-order valence-electron chi connectivity index (χ3n) is 7.49. The maximum absolute atomic E-state index is 14.5. The molecule has 0 N–H and O–H groups in total. The fourth-order valence-corrected chi connectivity index (χ4v) is 6.78. The Kier molecular flexibility index (Phi) is 6.82. The summed E-state index contributed by atoms with van der Waals surface area (Å²) in [4.78, 5) is 19.8. The number of aromatic nitrogens is 2. The molecule has 178 valence electrons. The normalized spacial score (nSPS) is 16.2. The molecule has 0 bridgehead atoms. The van der Waals surface area contributed by atoms with Crippen LogP contribution in [0.3, 0.4) is 0 Å². The Morgan fingerprint density at radius 1 is 1.06 bits per heavy atom. The van der Waals surface area contributed by atoms with Gasteiger partial charge in [-0.25, -0.2) is 4.98 Å². The maximum Gasteiger partial charge on any atom is 0.263 e. The van der Waals surface area contributed by atoms with Gasteiger partial charge in [0.15, 0.2) is 5.16 Å². The molecule has 2 aliphatic carbocycles. The van der Waals surface area contributed by atoms with Gasteiger partial charge < -0.3 is 4.74 Å². The number of hydrogen-bond donors (Lipinski definition) is 0. The van der Waals surface area contributed by atoms with Gasteiger partial charge in [0, 0.05) is 22.8 Å². The molecule has 34 heavy (non-hydrogen) atoms. The van der Waals surface area contributed by atoms with Crippen LogP contribution < -0.4 is 10.3 Å². The van der Waals surface area contributed by atoms with Crippen LogP contribution in [0, 0.1) is 0 Å². The number of rotatable bonds is 7. The van der Waals surface area contributed by atoms with Gasteiger partial charge in [-0.15, -0.1) is 0 Å². The number of unbranched alkanes of at least 4 members (excludes halogenated alkanes) is 2. The number of fused-ring (bicyclic) bond motifs is 4. The molecule has 4 nitrogen and oxygen atoms in total. The first-order valence-corrected chi connectivity index (χ1v) is 13.7. The van der Waals surface area contributed by atoms with Gasteiger partial charge in [-0.3, -0.25) is 9.36 Å². The third-order valence-corrected chi connectivity index (χ3v) is 8.51. The summed E-state index contributed by atoms with van der Waals surface area (Å²) in [5, 5.41) is 0.788. The smallest absolute Gasteiger partial charge is 0.263 e. The summed E-state index contributed by atoms with van der Waals surface area (Å²) in [5.74, 6) is 1.71. The molecule has 0 atom stereocenters. The Morgan fingerprint density at radius 3 is 2.68 bits per heavy atom. The molecular formula is C29H34N2O2S. The van der Waals surface area contributed by atoms with Crippen LogP contribution in [-0.2, 0) is 11.8 Å². The van der Waals surface area contributed by atoms with Gasteiger partial charge in [-0.1, -0.05) is 81.1 Å². The highest BCUT2D eigenvalue weighted by Gasteiger charge is 2.43. The van der Waals surface area contributed by atoms with Gasteiger partial charge in [0.25, 0.3) is 5.56 Å². The standard InChI is InChI=1S/C29H34N2O2S/c1-3-4-10-18-34-28-30-26-24-15-7-6-12-21(24)20-29(16-8-5-9-17-29)25(26)27(32)31(28)22-13-11-14-23(19-22)33-2/h6-7,11-15,19H,3-5,8-10,16-18,20H2,1-2H3. The summed E-state index contributed by atoms with van der Waals surface area (Å²) in [6.07, 6.45) is 10.1. The molecule has 1 spiro atoms. The molecule has 0 unspecified atom stereocenters. The molecule has 2 aliphatic rings. The summed E-state index contributed by atoms with van der Waals surface area (Å²) in [7, 11) is 1.67. The van der Waals surface area contributed by atoms with E-state index in [4.69, 9.17) is 9.72 Å². The van der Waals surface area contributed by atoms with E-state index >= 15 is 0 Å². The minimum Gasteiger partial charge on any atom is -0.497 e. The quantitative estimate of drug-likeness (QED) is 0.211. The van der Waals surface area contributed by atoms with E-state index in [2.05, 4.69) is 31.2 Å². The zero-order chi connectivity index (χ0) is 23.5. The molecule has 5 heteroatoms. The maximum atomic E-state index is 14.5. The molecule has 0 amide bonds.